The van der Waals surface area contributed by atoms with Gasteiger partial charge < -0.3 is 14.2 Å². The summed E-state index contributed by atoms with van der Waals surface area (Å²) in [7, 11) is 0. The molecule has 0 bridgehead atoms. The molecule has 7 nitrogen and oxygen atoms in total. The van der Waals surface area contributed by atoms with Crippen LogP contribution >= 0.6 is 0 Å². The molecule has 2 aliphatic rings. The largest absolute Gasteiger partial charge is 0.455 e. The first kappa shape index (κ1) is 18.8. The molecule has 2 aliphatic heterocycles. The zero-order valence-corrected chi connectivity index (χ0v) is 14.7. The van der Waals surface area contributed by atoms with Crippen molar-refractivity contribution in [2.75, 3.05) is 13.3 Å². The van der Waals surface area contributed by atoms with Crippen molar-refractivity contribution in [2.24, 2.45) is 4.99 Å². The molecule has 2 aromatic carbocycles. The molecule has 2 aromatic rings. The highest BCUT2D eigenvalue weighted by atomic mass is 19.4. The second kappa shape index (κ2) is 6.80. The van der Waals surface area contributed by atoms with Crippen molar-refractivity contribution in [3.8, 4) is 11.5 Å². The monoisotopic (exact) mass is 406 g/mol. The molecule has 0 fully saturated rings. The quantitative estimate of drug-likeness (QED) is 0.561. The Hall–Kier alpha value is -3.56. The third kappa shape index (κ3) is 3.37. The van der Waals surface area contributed by atoms with E-state index in [1.165, 1.54) is 54.6 Å². The maximum atomic E-state index is 14.0. The standard InChI is InChI=1S/C19H13F3N2O5/c20-19(21,22)18(13-4-7-15-16(9-13)28-11-27-15)10-23-17(29-18)8-3-12-1-5-14(6-2-12)24(25)26/h1-9H,10-11H2/b8-3-. The van der Waals surface area contributed by atoms with E-state index in [0.717, 1.165) is 0 Å². The van der Waals surface area contributed by atoms with Gasteiger partial charge in [-0.2, -0.15) is 13.2 Å². The van der Waals surface area contributed by atoms with Gasteiger partial charge >= 0.3 is 6.18 Å². The molecule has 4 rings (SSSR count). The van der Waals surface area contributed by atoms with Gasteiger partial charge in [0.05, 0.1) is 11.5 Å². The zero-order chi connectivity index (χ0) is 20.6. The van der Waals surface area contributed by atoms with Gasteiger partial charge in [-0.05, 0) is 35.9 Å². The van der Waals surface area contributed by atoms with Crippen LogP contribution in [0.5, 0.6) is 11.5 Å². The van der Waals surface area contributed by atoms with Crippen molar-refractivity contribution in [1.29, 1.82) is 0 Å². The van der Waals surface area contributed by atoms with Crippen molar-refractivity contribution in [1.82, 2.24) is 0 Å². The summed E-state index contributed by atoms with van der Waals surface area (Å²) in [6, 6.07) is 9.46. The van der Waals surface area contributed by atoms with Crippen LogP contribution in [0.2, 0.25) is 0 Å². The van der Waals surface area contributed by atoms with Crippen LogP contribution in [0.15, 0.2) is 53.5 Å². The van der Waals surface area contributed by atoms with Gasteiger partial charge in [0.1, 0.15) is 0 Å². The fourth-order valence-corrected chi connectivity index (χ4v) is 3.00. The summed E-state index contributed by atoms with van der Waals surface area (Å²) in [6.45, 7) is -0.700. The number of halogens is 3. The molecule has 0 saturated carbocycles. The number of hydrogen-bond donors (Lipinski definition) is 0. The van der Waals surface area contributed by atoms with E-state index in [1.54, 1.807) is 0 Å². The fraction of sp³-hybridized carbons (Fsp3) is 0.211. The molecule has 0 N–H and O–H groups in total. The first-order valence-corrected chi connectivity index (χ1v) is 8.41. The molecule has 0 amide bonds. The van der Waals surface area contributed by atoms with Gasteiger partial charge in [-0.15, -0.1) is 0 Å². The normalized spacial score (nSPS) is 20.6. The summed E-state index contributed by atoms with van der Waals surface area (Å²) < 4.78 is 57.4. The average Bonchev–Trinajstić information content (AvgIpc) is 3.33. The van der Waals surface area contributed by atoms with Crippen LogP contribution in [-0.2, 0) is 10.3 Å². The Morgan fingerprint density at radius 2 is 1.79 bits per heavy atom. The topological polar surface area (TPSA) is 83.2 Å². The highest BCUT2D eigenvalue weighted by Crippen LogP contribution is 2.47. The molecular weight excluding hydrogens is 393 g/mol. The molecule has 29 heavy (non-hydrogen) atoms. The molecule has 0 spiro atoms. The lowest BCUT2D eigenvalue weighted by Gasteiger charge is -2.30. The van der Waals surface area contributed by atoms with Crippen LogP contribution in [0, 0.1) is 10.1 Å². The van der Waals surface area contributed by atoms with E-state index in [2.05, 4.69) is 4.99 Å². The van der Waals surface area contributed by atoms with Crippen molar-refractivity contribution in [2.45, 2.75) is 11.8 Å². The summed E-state index contributed by atoms with van der Waals surface area (Å²) in [4.78, 5) is 14.0. The van der Waals surface area contributed by atoms with Gasteiger partial charge in [-0.25, -0.2) is 4.99 Å². The lowest BCUT2D eigenvalue weighted by Crippen LogP contribution is -2.45. The third-order valence-corrected chi connectivity index (χ3v) is 4.56. The number of hydrogen-bond acceptors (Lipinski definition) is 6. The van der Waals surface area contributed by atoms with Gasteiger partial charge in [-0.1, -0.05) is 6.07 Å². The Labute approximate surface area is 162 Å². The van der Waals surface area contributed by atoms with Gasteiger partial charge in [0.2, 0.25) is 18.3 Å². The molecule has 0 radical (unpaired) electrons. The summed E-state index contributed by atoms with van der Waals surface area (Å²) in [5.74, 6) is 0.381. The molecule has 150 valence electrons. The van der Waals surface area contributed by atoms with Crippen molar-refractivity contribution < 1.29 is 32.3 Å². The maximum absolute atomic E-state index is 14.0. The van der Waals surface area contributed by atoms with Crippen LogP contribution in [-0.4, -0.2) is 30.3 Å². The van der Waals surface area contributed by atoms with E-state index < -0.39 is 23.2 Å². The molecule has 1 unspecified atom stereocenters. The number of ether oxygens (including phenoxy) is 3. The van der Waals surface area contributed by atoms with E-state index in [9.17, 15) is 23.3 Å². The van der Waals surface area contributed by atoms with Gasteiger partial charge in [0.15, 0.2) is 11.5 Å². The lowest BCUT2D eigenvalue weighted by atomic mass is 9.93. The Kier molecular flexibility index (Phi) is 4.40. The van der Waals surface area contributed by atoms with Gasteiger partial charge in [-0.3, -0.25) is 10.1 Å². The van der Waals surface area contributed by atoms with E-state index >= 15 is 0 Å². The van der Waals surface area contributed by atoms with Crippen LogP contribution < -0.4 is 9.47 Å². The average molecular weight is 406 g/mol. The first-order chi connectivity index (χ1) is 13.8. The fourth-order valence-electron chi connectivity index (χ4n) is 3.00. The van der Waals surface area contributed by atoms with Crippen molar-refractivity contribution >= 4 is 17.7 Å². The zero-order valence-electron chi connectivity index (χ0n) is 14.7. The molecule has 10 heteroatoms. The SMILES string of the molecule is O=[N+]([O-])c1ccc(/C=C\C2=NCC(c3ccc4c(c3)OCO4)(C(F)(F)F)O2)cc1. The minimum absolute atomic E-state index is 0.0572. The molecule has 0 aliphatic carbocycles. The minimum atomic E-state index is -4.73. The number of nitro benzene ring substituents is 1. The highest BCUT2D eigenvalue weighted by Gasteiger charge is 2.61. The second-order valence-corrected chi connectivity index (χ2v) is 6.33. The Balaban J connectivity index is 1.57. The smallest absolute Gasteiger partial charge is 0.434 e. The van der Waals surface area contributed by atoms with Crippen LogP contribution in [0.25, 0.3) is 6.08 Å². The van der Waals surface area contributed by atoms with E-state index in [-0.39, 0.29) is 29.7 Å². The first-order valence-electron chi connectivity index (χ1n) is 8.41. The second-order valence-electron chi connectivity index (χ2n) is 6.33. The van der Waals surface area contributed by atoms with Gasteiger partial charge in [0.25, 0.3) is 5.69 Å². The molecule has 2 heterocycles. The Morgan fingerprint density at radius 1 is 1.07 bits per heavy atom. The van der Waals surface area contributed by atoms with E-state index in [4.69, 9.17) is 14.2 Å². The number of fused-ring (bicyclic) bond motifs is 1. The summed E-state index contributed by atoms with van der Waals surface area (Å²) >= 11 is 0. The third-order valence-electron chi connectivity index (χ3n) is 4.56. The Bertz CT molecular complexity index is 1020. The highest BCUT2D eigenvalue weighted by molar-refractivity contribution is 5.93. The predicted molar refractivity (Wildman–Crippen MR) is 95.8 cm³/mol. The van der Waals surface area contributed by atoms with Crippen molar-refractivity contribution in [3.63, 3.8) is 0 Å². The minimum Gasteiger partial charge on any atom is -0.455 e. The molecule has 0 saturated heterocycles. The van der Waals surface area contributed by atoms with Crippen molar-refractivity contribution in [3.05, 3.63) is 69.8 Å². The molecule has 1 atom stereocenters. The van der Waals surface area contributed by atoms with Crippen LogP contribution in [0.1, 0.15) is 11.1 Å². The summed E-state index contributed by atoms with van der Waals surface area (Å²) in [5.41, 5.74) is -2.31. The van der Waals surface area contributed by atoms with Gasteiger partial charge in [0, 0.05) is 23.8 Å². The van der Waals surface area contributed by atoms with Crippen LogP contribution in [0.4, 0.5) is 18.9 Å². The number of nitro groups is 1. The number of benzene rings is 2. The number of aliphatic imine (C=N–C) groups is 1. The number of rotatable bonds is 4. The number of nitrogens with zero attached hydrogens (tertiary/aromatic N) is 2. The lowest BCUT2D eigenvalue weighted by molar-refractivity contribution is -0.384. The predicted octanol–water partition coefficient (Wildman–Crippen LogP) is 4.22. The number of alkyl halides is 3. The summed E-state index contributed by atoms with van der Waals surface area (Å²) in [6.07, 6.45) is -1.97. The summed E-state index contributed by atoms with van der Waals surface area (Å²) in [5, 5.41) is 10.7. The maximum Gasteiger partial charge on any atom is 0.434 e. The Morgan fingerprint density at radius 3 is 2.48 bits per heavy atom. The molecule has 0 aromatic heterocycles. The van der Waals surface area contributed by atoms with E-state index in [0.29, 0.717) is 11.3 Å². The van der Waals surface area contributed by atoms with Crippen LogP contribution in [0.3, 0.4) is 0 Å². The molecular formula is C19H13F3N2O5. The van der Waals surface area contributed by atoms with E-state index in [1.807, 2.05) is 0 Å². The number of non-ortho nitro benzene ring substituents is 1.